The van der Waals surface area contributed by atoms with E-state index in [0.717, 1.165) is 0 Å². The molecule has 1 fully saturated rings. The quantitative estimate of drug-likeness (QED) is 0.798. The summed E-state index contributed by atoms with van der Waals surface area (Å²) in [6.07, 6.45) is 1.86. The van der Waals surface area contributed by atoms with Crippen molar-refractivity contribution in [3.63, 3.8) is 0 Å². The molecule has 4 nitrogen and oxygen atoms in total. The van der Waals surface area contributed by atoms with Crippen molar-refractivity contribution in [1.29, 1.82) is 0 Å². The maximum absolute atomic E-state index is 12.0. The number of hydrogen-bond donors (Lipinski definition) is 1. The third-order valence-corrected chi connectivity index (χ3v) is 3.07. The van der Waals surface area contributed by atoms with Crippen molar-refractivity contribution in [1.82, 2.24) is 0 Å². The molecule has 0 spiro atoms. The summed E-state index contributed by atoms with van der Waals surface area (Å²) < 4.78 is 10.4. The SMILES string of the molecule is CC1(C(=O)Cc2ccco2)COCC1N. The Bertz CT molecular complexity index is 347. The van der Waals surface area contributed by atoms with Crippen LogP contribution in [0.5, 0.6) is 0 Å². The average Bonchev–Trinajstić information content (AvgIpc) is 2.79. The van der Waals surface area contributed by atoms with Crippen LogP contribution in [0.2, 0.25) is 0 Å². The van der Waals surface area contributed by atoms with Gasteiger partial charge in [-0.3, -0.25) is 4.79 Å². The van der Waals surface area contributed by atoms with Crippen molar-refractivity contribution in [3.8, 4) is 0 Å². The fourth-order valence-corrected chi connectivity index (χ4v) is 1.75. The molecule has 0 aliphatic carbocycles. The van der Waals surface area contributed by atoms with E-state index >= 15 is 0 Å². The number of hydrogen-bond acceptors (Lipinski definition) is 4. The van der Waals surface area contributed by atoms with Gasteiger partial charge in [-0.15, -0.1) is 0 Å². The molecule has 1 aliphatic rings. The Morgan fingerprint density at radius 1 is 1.73 bits per heavy atom. The molecule has 1 aliphatic heterocycles. The van der Waals surface area contributed by atoms with E-state index in [2.05, 4.69) is 0 Å². The lowest BCUT2D eigenvalue weighted by Gasteiger charge is -2.24. The van der Waals surface area contributed by atoms with E-state index in [4.69, 9.17) is 14.9 Å². The topological polar surface area (TPSA) is 65.5 Å². The Morgan fingerprint density at radius 3 is 3.07 bits per heavy atom. The second-order valence-electron chi connectivity index (χ2n) is 4.22. The third-order valence-electron chi connectivity index (χ3n) is 3.07. The van der Waals surface area contributed by atoms with E-state index in [9.17, 15) is 4.79 Å². The highest BCUT2D eigenvalue weighted by molar-refractivity contribution is 5.87. The van der Waals surface area contributed by atoms with Crippen molar-refractivity contribution in [2.24, 2.45) is 11.1 Å². The normalized spacial score (nSPS) is 30.7. The van der Waals surface area contributed by atoms with Crippen LogP contribution in [0.15, 0.2) is 22.8 Å². The smallest absolute Gasteiger partial charge is 0.150 e. The highest BCUT2D eigenvalue weighted by Crippen LogP contribution is 2.29. The van der Waals surface area contributed by atoms with E-state index < -0.39 is 5.41 Å². The molecular formula is C11H15NO3. The molecule has 2 unspecified atom stereocenters. The first-order valence-corrected chi connectivity index (χ1v) is 5.02. The van der Waals surface area contributed by atoms with Crippen LogP contribution in [0.25, 0.3) is 0 Å². The highest BCUT2D eigenvalue weighted by Gasteiger charge is 2.43. The lowest BCUT2D eigenvalue weighted by atomic mass is 9.80. The fraction of sp³-hybridized carbons (Fsp3) is 0.545. The van der Waals surface area contributed by atoms with Gasteiger partial charge in [0.1, 0.15) is 11.5 Å². The molecule has 1 saturated heterocycles. The van der Waals surface area contributed by atoms with Gasteiger partial charge in [0.25, 0.3) is 0 Å². The molecule has 1 aromatic rings. The van der Waals surface area contributed by atoms with Gasteiger partial charge in [-0.05, 0) is 19.1 Å². The number of carbonyl (C=O) groups is 1. The van der Waals surface area contributed by atoms with Crippen LogP contribution in [0.1, 0.15) is 12.7 Å². The molecular weight excluding hydrogens is 194 g/mol. The second kappa shape index (κ2) is 3.79. The summed E-state index contributed by atoms with van der Waals surface area (Å²) in [7, 11) is 0. The zero-order valence-electron chi connectivity index (χ0n) is 8.73. The number of furan rings is 1. The molecule has 82 valence electrons. The maximum atomic E-state index is 12.0. The van der Waals surface area contributed by atoms with Crippen molar-refractivity contribution < 1.29 is 13.9 Å². The van der Waals surface area contributed by atoms with Crippen LogP contribution < -0.4 is 5.73 Å². The molecule has 15 heavy (non-hydrogen) atoms. The molecule has 0 amide bonds. The van der Waals surface area contributed by atoms with Gasteiger partial charge in [-0.2, -0.15) is 0 Å². The van der Waals surface area contributed by atoms with Gasteiger partial charge in [-0.1, -0.05) is 0 Å². The summed E-state index contributed by atoms with van der Waals surface area (Å²) in [6, 6.07) is 3.36. The predicted octanol–water partition coefficient (Wildman–Crippen LogP) is 0.755. The Hall–Kier alpha value is -1.13. The number of rotatable bonds is 3. The molecule has 1 aromatic heterocycles. The number of ketones is 1. The highest BCUT2D eigenvalue weighted by atomic mass is 16.5. The third kappa shape index (κ3) is 1.82. The fourth-order valence-electron chi connectivity index (χ4n) is 1.75. The van der Waals surface area contributed by atoms with E-state index in [1.807, 2.05) is 6.92 Å². The Balaban J connectivity index is 2.07. The van der Waals surface area contributed by atoms with E-state index in [0.29, 0.717) is 25.4 Å². The first-order valence-electron chi connectivity index (χ1n) is 5.02. The van der Waals surface area contributed by atoms with Crippen molar-refractivity contribution >= 4 is 5.78 Å². The van der Waals surface area contributed by atoms with Gasteiger partial charge in [-0.25, -0.2) is 0 Å². The molecule has 0 aromatic carbocycles. The van der Waals surface area contributed by atoms with Crippen LogP contribution >= 0.6 is 0 Å². The Kier molecular flexibility index (Phi) is 2.63. The van der Waals surface area contributed by atoms with Crippen LogP contribution in [-0.4, -0.2) is 25.0 Å². The average molecular weight is 209 g/mol. The molecule has 0 saturated carbocycles. The molecule has 4 heteroatoms. The number of ether oxygens (including phenoxy) is 1. The van der Waals surface area contributed by atoms with Gasteiger partial charge in [0.15, 0.2) is 0 Å². The van der Waals surface area contributed by atoms with Crippen LogP contribution in [0, 0.1) is 5.41 Å². The molecule has 2 N–H and O–H groups in total. The van der Waals surface area contributed by atoms with Crippen molar-refractivity contribution in [2.45, 2.75) is 19.4 Å². The van der Waals surface area contributed by atoms with Gasteiger partial charge < -0.3 is 14.9 Å². The molecule has 0 radical (unpaired) electrons. The minimum atomic E-state index is -0.563. The summed E-state index contributed by atoms with van der Waals surface area (Å²) in [6.45, 7) is 2.73. The van der Waals surface area contributed by atoms with Crippen molar-refractivity contribution in [2.75, 3.05) is 13.2 Å². The van der Waals surface area contributed by atoms with E-state index in [1.54, 1.807) is 18.4 Å². The molecule has 2 rings (SSSR count). The van der Waals surface area contributed by atoms with Crippen LogP contribution in [0.3, 0.4) is 0 Å². The minimum Gasteiger partial charge on any atom is -0.469 e. The summed E-state index contributed by atoms with van der Waals surface area (Å²) in [5.74, 6) is 0.766. The number of carbonyl (C=O) groups excluding carboxylic acids is 1. The summed E-state index contributed by atoms with van der Waals surface area (Å²) in [4.78, 5) is 12.0. The first kappa shape index (κ1) is 10.4. The van der Waals surface area contributed by atoms with E-state index in [1.165, 1.54) is 0 Å². The van der Waals surface area contributed by atoms with Crippen molar-refractivity contribution in [3.05, 3.63) is 24.2 Å². The van der Waals surface area contributed by atoms with Gasteiger partial charge >= 0.3 is 0 Å². The van der Waals surface area contributed by atoms with E-state index in [-0.39, 0.29) is 11.8 Å². The molecule has 2 heterocycles. The number of nitrogens with two attached hydrogens (primary N) is 1. The summed E-state index contributed by atoms with van der Waals surface area (Å²) >= 11 is 0. The second-order valence-corrected chi connectivity index (χ2v) is 4.22. The van der Waals surface area contributed by atoms with Gasteiger partial charge in [0.05, 0.1) is 31.3 Å². The molecule has 2 atom stereocenters. The Labute approximate surface area is 88.4 Å². The minimum absolute atomic E-state index is 0.0856. The van der Waals surface area contributed by atoms with Crippen LogP contribution in [-0.2, 0) is 16.0 Å². The lowest BCUT2D eigenvalue weighted by Crippen LogP contribution is -2.45. The predicted molar refractivity (Wildman–Crippen MR) is 54.3 cm³/mol. The Morgan fingerprint density at radius 2 is 2.53 bits per heavy atom. The monoisotopic (exact) mass is 209 g/mol. The maximum Gasteiger partial charge on any atom is 0.150 e. The van der Waals surface area contributed by atoms with Gasteiger partial charge in [0.2, 0.25) is 0 Å². The number of Topliss-reactive ketones (excluding diaryl/α,β-unsaturated/α-hetero) is 1. The molecule has 0 bridgehead atoms. The first-order chi connectivity index (χ1) is 7.13. The zero-order valence-corrected chi connectivity index (χ0v) is 8.73. The van der Waals surface area contributed by atoms with Crippen LogP contribution in [0.4, 0.5) is 0 Å². The summed E-state index contributed by atoms with van der Waals surface area (Å²) in [5, 5.41) is 0. The summed E-state index contributed by atoms with van der Waals surface area (Å²) in [5.41, 5.74) is 5.30. The lowest BCUT2D eigenvalue weighted by molar-refractivity contribution is -0.127. The largest absolute Gasteiger partial charge is 0.469 e. The zero-order chi connectivity index (χ0) is 10.9. The standard InChI is InChI=1S/C11H15NO3/c1-11(7-14-6-9(11)12)10(13)5-8-3-2-4-15-8/h2-4,9H,5-7,12H2,1H3. The van der Waals surface area contributed by atoms with Gasteiger partial charge in [0, 0.05) is 6.04 Å².